The summed E-state index contributed by atoms with van der Waals surface area (Å²) in [4.78, 5) is 49.9. The summed E-state index contributed by atoms with van der Waals surface area (Å²) in [6.07, 6.45) is 0. The zero-order chi connectivity index (χ0) is 34.2. The number of para-hydroxylation sites is 1. The monoisotopic (exact) mass is 691 g/mol. The lowest BCUT2D eigenvalue weighted by Crippen LogP contribution is -2.41. The van der Waals surface area contributed by atoms with Gasteiger partial charge in [-0.15, -0.1) is 0 Å². The molecule has 4 aromatic carbocycles. The van der Waals surface area contributed by atoms with Crippen LogP contribution >= 0.6 is 22.9 Å². The molecular weight excluding hydrogens is 662 g/mol. The van der Waals surface area contributed by atoms with Crippen LogP contribution in [0.4, 0.5) is 5.69 Å². The maximum Gasteiger partial charge on any atom is 0.338 e. The Morgan fingerprint density at radius 1 is 0.898 bits per heavy atom. The second-order valence-electron chi connectivity index (χ2n) is 11.3. The SMILES string of the molecule is CCOC(=O)C1=C(c2ccccc2)N=c2s/c(=C3/C(=O)N(Cc4ccc(Cl)cc4)c4ccccc43)c(=O)n2[C@@H]1c1ccc(OC)c(OC)c1. The van der Waals surface area contributed by atoms with Crippen LogP contribution in [0.3, 0.4) is 0 Å². The molecule has 3 heterocycles. The number of amides is 1. The third-order valence-electron chi connectivity index (χ3n) is 8.48. The van der Waals surface area contributed by atoms with Gasteiger partial charge in [-0.05, 0) is 48.4 Å². The van der Waals surface area contributed by atoms with Gasteiger partial charge in [-0.2, -0.15) is 0 Å². The molecule has 11 heteroatoms. The highest BCUT2D eigenvalue weighted by Gasteiger charge is 2.38. The van der Waals surface area contributed by atoms with Crippen molar-refractivity contribution in [2.24, 2.45) is 4.99 Å². The van der Waals surface area contributed by atoms with Crippen molar-refractivity contribution in [3.05, 3.63) is 150 Å². The molecule has 0 radical (unpaired) electrons. The minimum atomic E-state index is -0.961. The Morgan fingerprint density at radius 2 is 1.61 bits per heavy atom. The summed E-state index contributed by atoms with van der Waals surface area (Å²) in [5, 5.41) is 0.597. The van der Waals surface area contributed by atoms with E-state index in [1.54, 1.807) is 42.2 Å². The highest BCUT2D eigenvalue weighted by Crippen LogP contribution is 2.40. The summed E-state index contributed by atoms with van der Waals surface area (Å²) in [6.45, 7) is 2.13. The Balaban J connectivity index is 1.51. The predicted octanol–water partition coefficient (Wildman–Crippen LogP) is 5.52. The van der Waals surface area contributed by atoms with E-state index in [9.17, 15) is 14.4 Å². The topological polar surface area (TPSA) is 99.4 Å². The van der Waals surface area contributed by atoms with Crippen LogP contribution in [0.15, 0.2) is 112 Å². The van der Waals surface area contributed by atoms with Gasteiger partial charge in [0.25, 0.3) is 11.5 Å². The number of hydrogen-bond acceptors (Lipinski definition) is 8. The summed E-state index contributed by atoms with van der Waals surface area (Å²) in [6, 6.07) is 28.3. The number of nitrogens with zero attached hydrogens (tertiary/aromatic N) is 3. The number of thiazole rings is 1. The molecule has 246 valence electrons. The summed E-state index contributed by atoms with van der Waals surface area (Å²) >= 11 is 7.24. The number of rotatable bonds is 8. The number of ether oxygens (including phenoxy) is 3. The average Bonchev–Trinajstić information content (AvgIpc) is 3.60. The third-order valence-corrected chi connectivity index (χ3v) is 9.78. The summed E-state index contributed by atoms with van der Waals surface area (Å²) < 4.78 is 18.4. The average molecular weight is 692 g/mol. The Bertz CT molecular complexity index is 2330. The Kier molecular flexibility index (Phi) is 8.66. The van der Waals surface area contributed by atoms with Crippen LogP contribution in [-0.4, -0.2) is 37.3 Å². The van der Waals surface area contributed by atoms with Crippen molar-refractivity contribution >= 4 is 51.8 Å². The molecule has 1 amide bonds. The van der Waals surface area contributed by atoms with Crippen LogP contribution in [-0.2, 0) is 20.9 Å². The van der Waals surface area contributed by atoms with Gasteiger partial charge in [-0.3, -0.25) is 14.2 Å². The molecule has 9 nitrogen and oxygen atoms in total. The Hall–Kier alpha value is -5.45. The number of esters is 1. The first-order valence-corrected chi connectivity index (χ1v) is 16.7. The molecule has 0 fully saturated rings. The van der Waals surface area contributed by atoms with Crippen LogP contribution in [0.2, 0.25) is 5.02 Å². The van der Waals surface area contributed by atoms with Gasteiger partial charge in [0.1, 0.15) is 4.53 Å². The van der Waals surface area contributed by atoms with Crippen LogP contribution in [0.5, 0.6) is 11.5 Å². The molecule has 0 unspecified atom stereocenters. The highest BCUT2D eigenvalue weighted by atomic mass is 35.5. The summed E-state index contributed by atoms with van der Waals surface area (Å²) in [5.41, 5.74) is 3.85. The number of benzene rings is 4. The summed E-state index contributed by atoms with van der Waals surface area (Å²) in [5.74, 6) is -0.0137. The van der Waals surface area contributed by atoms with E-state index in [-0.39, 0.29) is 34.7 Å². The number of halogens is 1. The van der Waals surface area contributed by atoms with E-state index in [1.807, 2.05) is 66.7 Å². The zero-order valence-corrected chi connectivity index (χ0v) is 28.4. The molecule has 0 saturated carbocycles. The first-order chi connectivity index (χ1) is 23.8. The molecule has 1 atom stereocenters. The standard InChI is InChI=1S/C38H30ClN3O6S/c1-4-48-37(45)31-32(23-10-6-5-7-11-23)40-38-42(33(31)24-16-19-28(46-2)29(20-24)47-3)36(44)34(49-38)30-26-12-8-9-13-27(26)41(35(30)43)21-22-14-17-25(39)18-15-22/h5-20,33H,4,21H2,1-3H3/b34-30+/t33-/m1/s1. The molecular formula is C38H30ClN3O6S. The number of fused-ring (bicyclic) bond motifs is 2. The normalized spacial score (nSPS) is 16.2. The number of carbonyl (C=O) groups excluding carboxylic acids is 2. The summed E-state index contributed by atoms with van der Waals surface area (Å²) in [7, 11) is 3.05. The molecule has 2 aliphatic heterocycles. The fourth-order valence-corrected chi connectivity index (χ4v) is 7.47. The first kappa shape index (κ1) is 32.1. The van der Waals surface area contributed by atoms with Gasteiger partial charge in [0.05, 0.1) is 55.9 Å². The van der Waals surface area contributed by atoms with Crippen molar-refractivity contribution in [3.8, 4) is 11.5 Å². The molecule has 7 rings (SSSR count). The fraction of sp³-hybridized carbons (Fsp3) is 0.158. The van der Waals surface area contributed by atoms with E-state index in [0.29, 0.717) is 49.4 Å². The smallest absolute Gasteiger partial charge is 0.338 e. The van der Waals surface area contributed by atoms with E-state index in [2.05, 4.69) is 0 Å². The van der Waals surface area contributed by atoms with Crippen molar-refractivity contribution in [3.63, 3.8) is 0 Å². The Morgan fingerprint density at radius 3 is 2.33 bits per heavy atom. The fourth-order valence-electron chi connectivity index (χ4n) is 6.26. The zero-order valence-electron chi connectivity index (χ0n) is 26.8. The third kappa shape index (κ3) is 5.62. The molecule has 0 saturated heterocycles. The van der Waals surface area contributed by atoms with Crippen molar-refractivity contribution < 1.29 is 23.8 Å². The van der Waals surface area contributed by atoms with Gasteiger partial charge in [-0.1, -0.05) is 89.7 Å². The maximum absolute atomic E-state index is 14.8. The van der Waals surface area contributed by atoms with E-state index >= 15 is 0 Å². The van der Waals surface area contributed by atoms with E-state index < -0.39 is 17.6 Å². The number of anilines is 1. The van der Waals surface area contributed by atoms with Gasteiger partial charge in [0.2, 0.25) is 0 Å². The lowest BCUT2D eigenvalue weighted by atomic mass is 9.93. The lowest BCUT2D eigenvalue weighted by Gasteiger charge is -2.26. The van der Waals surface area contributed by atoms with Crippen LogP contribution < -0.4 is 29.3 Å². The van der Waals surface area contributed by atoms with E-state index in [4.69, 9.17) is 30.8 Å². The van der Waals surface area contributed by atoms with Crippen LogP contribution in [0.25, 0.3) is 11.3 Å². The predicted molar refractivity (Wildman–Crippen MR) is 189 cm³/mol. The molecule has 0 aliphatic carbocycles. The largest absolute Gasteiger partial charge is 0.493 e. The van der Waals surface area contributed by atoms with Crippen molar-refractivity contribution in [1.82, 2.24) is 4.57 Å². The second kappa shape index (κ2) is 13.2. The number of carbonyl (C=O) groups is 2. The number of aromatic nitrogens is 1. The molecule has 49 heavy (non-hydrogen) atoms. The van der Waals surface area contributed by atoms with Crippen LogP contribution in [0, 0.1) is 0 Å². The molecule has 2 aliphatic rings. The van der Waals surface area contributed by atoms with Crippen molar-refractivity contribution in [2.45, 2.75) is 19.5 Å². The van der Waals surface area contributed by atoms with Crippen molar-refractivity contribution in [1.29, 1.82) is 0 Å². The number of hydrogen-bond donors (Lipinski definition) is 0. The molecule has 0 spiro atoms. The minimum Gasteiger partial charge on any atom is -0.493 e. The first-order valence-electron chi connectivity index (χ1n) is 15.5. The van der Waals surface area contributed by atoms with Gasteiger partial charge in [0, 0.05) is 16.1 Å². The van der Waals surface area contributed by atoms with Crippen molar-refractivity contribution in [2.75, 3.05) is 25.7 Å². The van der Waals surface area contributed by atoms with E-state index in [1.165, 1.54) is 18.8 Å². The quantitative estimate of drug-likeness (QED) is 0.199. The minimum absolute atomic E-state index is 0.117. The molecule has 1 aromatic heterocycles. The molecule has 5 aromatic rings. The van der Waals surface area contributed by atoms with E-state index in [0.717, 1.165) is 16.9 Å². The van der Waals surface area contributed by atoms with Gasteiger partial charge in [0.15, 0.2) is 16.3 Å². The molecule has 0 N–H and O–H groups in total. The lowest BCUT2D eigenvalue weighted by molar-refractivity contribution is -0.138. The second-order valence-corrected chi connectivity index (χ2v) is 12.7. The van der Waals surface area contributed by atoms with Gasteiger partial charge in [-0.25, -0.2) is 9.79 Å². The Labute approximate surface area is 290 Å². The molecule has 0 bridgehead atoms. The maximum atomic E-state index is 14.8. The number of methoxy groups -OCH3 is 2. The highest BCUT2D eigenvalue weighted by molar-refractivity contribution is 7.07. The van der Waals surface area contributed by atoms with Gasteiger partial charge >= 0.3 is 5.97 Å². The van der Waals surface area contributed by atoms with Crippen LogP contribution in [0.1, 0.15) is 35.2 Å². The van der Waals surface area contributed by atoms with Gasteiger partial charge < -0.3 is 19.1 Å².